The Kier molecular flexibility index (Phi) is 6.77. The number of aromatic nitrogens is 1. The van der Waals surface area contributed by atoms with Crippen LogP contribution in [0.1, 0.15) is 24.0 Å². The summed E-state index contributed by atoms with van der Waals surface area (Å²) in [6.45, 7) is 0.989. The predicted octanol–water partition coefficient (Wildman–Crippen LogP) is 3.48. The van der Waals surface area contributed by atoms with Gasteiger partial charge in [0.2, 0.25) is 11.5 Å². The van der Waals surface area contributed by atoms with Gasteiger partial charge in [-0.2, -0.15) is 13.2 Å². The standard InChI is InChI=1S/C19H19F3N2O2/c20-19(21,22)16-7-5-6-15(14-16)9-10-17(25)23-11-2-4-13-24-12-3-1-8-18(24)26/h1,3,5-10,12,14H,2,4,11,13H2,(H,23,25). The van der Waals surface area contributed by atoms with Crippen LogP contribution in [0.3, 0.4) is 0 Å². The Morgan fingerprint density at radius 2 is 1.92 bits per heavy atom. The number of benzene rings is 1. The van der Waals surface area contributed by atoms with Crippen LogP contribution in [0.2, 0.25) is 0 Å². The van der Waals surface area contributed by atoms with E-state index < -0.39 is 11.7 Å². The molecule has 1 aromatic heterocycles. The van der Waals surface area contributed by atoms with Gasteiger partial charge in [-0.25, -0.2) is 0 Å². The van der Waals surface area contributed by atoms with E-state index in [1.165, 1.54) is 30.4 Å². The molecule has 2 aromatic rings. The molecule has 0 aliphatic heterocycles. The number of hydrogen-bond acceptors (Lipinski definition) is 2. The van der Waals surface area contributed by atoms with Gasteiger partial charge in [-0.15, -0.1) is 0 Å². The fourth-order valence-corrected chi connectivity index (χ4v) is 2.31. The molecule has 1 heterocycles. The number of pyridine rings is 1. The molecule has 0 saturated carbocycles. The zero-order chi connectivity index (χ0) is 19.0. The van der Waals surface area contributed by atoms with Gasteiger partial charge >= 0.3 is 6.18 Å². The highest BCUT2D eigenvalue weighted by Gasteiger charge is 2.30. The molecule has 0 saturated heterocycles. The molecule has 138 valence electrons. The van der Waals surface area contributed by atoms with E-state index in [-0.39, 0.29) is 11.5 Å². The summed E-state index contributed by atoms with van der Waals surface area (Å²) in [4.78, 5) is 23.2. The van der Waals surface area contributed by atoms with E-state index in [4.69, 9.17) is 0 Å². The lowest BCUT2D eigenvalue weighted by Crippen LogP contribution is -2.23. The van der Waals surface area contributed by atoms with Crippen molar-refractivity contribution in [1.29, 1.82) is 0 Å². The number of nitrogens with one attached hydrogen (secondary N) is 1. The molecule has 1 amide bonds. The Balaban J connectivity index is 1.74. The summed E-state index contributed by atoms with van der Waals surface area (Å²) >= 11 is 0. The second kappa shape index (κ2) is 9.03. The molecule has 0 aliphatic rings. The number of amides is 1. The number of halogens is 3. The molecule has 26 heavy (non-hydrogen) atoms. The molecule has 0 fully saturated rings. The van der Waals surface area contributed by atoms with Crippen molar-refractivity contribution in [2.45, 2.75) is 25.6 Å². The number of unbranched alkanes of at least 4 members (excludes halogenated alkanes) is 1. The largest absolute Gasteiger partial charge is 0.416 e. The van der Waals surface area contributed by atoms with Gasteiger partial charge < -0.3 is 9.88 Å². The summed E-state index contributed by atoms with van der Waals surface area (Å²) in [6.07, 6.45) is 1.25. The Morgan fingerprint density at radius 1 is 1.12 bits per heavy atom. The lowest BCUT2D eigenvalue weighted by Gasteiger charge is -2.07. The second-order valence-corrected chi connectivity index (χ2v) is 5.69. The number of alkyl halides is 3. The maximum atomic E-state index is 12.6. The van der Waals surface area contributed by atoms with E-state index in [0.717, 1.165) is 18.6 Å². The normalized spacial score (nSPS) is 11.7. The van der Waals surface area contributed by atoms with Gasteiger partial charge in [-0.3, -0.25) is 9.59 Å². The topological polar surface area (TPSA) is 51.1 Å². The first-order valence-electron chi connectivity index (χ1n) is 8.15. The highest BCUT2D eigenvalue weighted by atomic mass is 19.4. The monoisotopic (exact) mass is 364 g/mol. The molecule has 0 radical (unpaired) electrons. The summed E-state index contributed by atoms with van der Waals surface area (Å²) in [5.74, 6) is -0.376. The van der Waals surface area contributed by atoms with Crippen LogP contribution >= 0.6 is 0 Å². The lowest BCUT2D eigenvalue weighted by molar-refractivity contribution is -0.137. The maximum Gasteiger partial charge on any atom is 0.416 e. The molecule has 0 bridgehead atoms. The first kappa shape index (κ1) is 19.5. The molecule has 0 aliphatic carbocycles. The van der Waals surface area contributed by atoms with Gasteiger partial charge in [0.1, 0.15) is 0 Å². The molecule has 1 aromatic carbocycles. The predicted molar refractivity (Wildman–Crippen MR) is 93.4 cm³/mol. The van der Waals surface area contributed by atoms with E-state index in [2.05, 4.69) is 5.32 Å². The summed E-state index contributed by atoms with van der Waals surface area (Å²) < 4.78 is 39.5. The van der Waals surface area contributed by atoms with Crippen molar-refractivity contribution in [3.63, 3.8) is 0 Å². The van der Waals surface area contributed by atoms with E-state index in [9.17, 15) is 22.8 Å². The lowest BCUT2D eigenvalue weighted by atomic mass is 10.1. The smallest absolute Gasteiger partial charge is 0.353 e. The fraction of sp³-hybridized carbons (Fsp3) is 0.263. The van der Waals surface area contributed by atoms with E-state index in [1.54, 1.807) is 22.9 Å². The maximum absolute atomic E-state index is 12.6. The SMILES string of the molecule is O=C(C=Cc1cccc(C(F)(F)F)c1)NCCCCn1ccccc1=O. The van der Waals surface area contributed by atoms with Gasteiger partial charge in [0.05, 0.1) is 5.56 Å². The molecular formula is C19H19F3N2O2. The third-order valence-electron chi connectivity index (χ3n) is 3.67. The summed E-state index contributed by atoms with van der Waals surface area (Å²) in [5.41, 5.74) is -0.518. The summed E-state index contributed by atoms with van der Waals surface area (Å²) in [5, 5.41) is 2.66. The third kappa shape index (κ3) is 6.23. The Morgan fingerprint density at radius 3 is 2.65 bits per heavy atom. The molecule has 2 rings (SSSR count). The van der Waals surface area contributed by atoms with Gasteiger partial charge in [-0.05, 0) is 42.7 Å². The molecule has 7 heteroatoms. The highest BCUT2D eigenvalue weighted by Crippen LogP contribution is 2.29. The van der Waals surface area contributed by atoms with E-state index in [0.29, 0.717) is 25.1 Å². The quantitative estimate of drug-likeness (QED) is 0.604. The number of carbonyl (C=O) groups is 1. The molecule has 1 N–H and O–H groups in total. The Bertz CT molecular complexity index is 826. The van der Waals surface area contributed by atoms with Crippen LogP contribution < -0.4 is 10.9 Å². The van der Waals surface area contributed by atoms with Crippen LogP contribution in [0.4, 0.5) is 13.2 Å². The van der Waals surface area contributed by atoms with Crippen LogP contribution in [0, 0.1) is 0 Å². The van der Waals surface area contributed by atoms with Crippen molar-refractivity contribution < 1.29 is 18.0 Å². The minimum absolute atomic E-state index is 0.0689. The molecular weight excluding hydrogens is 345 g/mol. The molecule has 4 nitrogen and oxygen atoms in total. The minimum Gasteiger partial charge on any atom is -0.353 e. The van der Waals surface area contributed by atoms with Gasteiger partial charge in [0.25, 0.3) is 0 Å². The second-order valence-electron chi connectivity index (χ2n) is 5.69. The van der Waals surface area contributed by atoms with E-state index in [1.807, 2.05) is 0 Å². The zero-order valence-corrected chi connectivity index (χ0v) is 14.0. The van der Waals surface area contributed by atoms with Crippen LogP contribution in [0.15, 0.2) is 59.5 Å². The number of nitrogens with zero attached hydrogens (tertiary/aromatic N) is 1. The summed E-state index contributed by atoms with van der Waals surface area (Å²) in [6, 6.07) is 9.71. The molecule has 0 unspecified atom stereocenters. The fourth-order valence-electron chi connectivity index (χ4n) is 2.31. The summed E-state index contributed by atoms with van der Waals surface area (Å²) in [7, 11) is 0. The highest BCUT2D eigenvalue weighted by molar-refractivity contribution is 5.91. The number of rotatable bonds is 7. The third-order valence-corrected chi connectivity index (χ3v) is 3.67. The average molecular weight is 364 g/mol. The van der Waals surface area contributed by atoms with E-state index >= 15 is 0 Å². The minimum atomic E-state index is -4.41. The molecule has 0 atom stereocenters. The first-order valence-corrected chi connectivity index (χ1v) is 8.15. The van der Waals surface area contributed by atoms with Crippen molar-refractivity contribution >= 4 is 12.0 Å². The molecule has 0 spiro atoms. The van der Waals surface area contributed by atoms with Crippen LogP contribution in [0.5, 0.6) is 0 Å². The Labute approximate surface area is 149 Å². The van der Waals surface area contributed by atoms with Crippen LogP contribution in [-0.2, 0) is 17.5 Å². The average Bonchev–Trinajstić information content (AvgIpc) is 2.61. The van der Waals surface area contributed by atoms with Crippen LogP contribution in [0.25, 0.3) is 6.08 Å². The zero-order valence-electron chi connectivity index (χ0n) is 14.0. The van der Waals surface area contributed by atoms with Crippen molar-refractivity contribution in [3.8, 4) is 0 Å². The van der Waals surface area contributed by atoms with Gasteiger partial charge in [-0.1, -0.05) is 18.2 Å². The number of carbonyl (C=O) groups excluding carboxylic acids is 1. The van der Waals surface area contributed by atoms with Gasteiger partial charge in [0, 0.05) is 31.4 Å². The van der Waals surface area contributed by atoms with Gasteiger partial charge in [0.15, 0.2) is 0 Å². The number of aryl methyl sites for hydroxylation is 1. The van der Waals surface area contributed by atoms with Crippen molar-refractivity contribution in [2.24, 2.45) is 0 Å². The first-order chi connectivity index (χ1) is 12.4. The Hall–Kier alpha value is -2.83. The van der Waals surface area contributed by atoms with Crippen molar-refractivity contribution in [1.82, 2.24) is 9.88 Å². The number of hydrogen-bond donors (Lipinski definition) is 1. The van der Waals surface area contributed by atoms with Crippen molar-refractivity contribution in [3.05, 3.63) is 76.2 Å². The van der Waals surface area contributed by atoms with Crippen molar-refractivity contribution in [2.75, 3.05) is 6.54 Å². The van der Waals surface area contributed by atoms with Crippen LogP contribution in [-0.4, -0.2) is 17.0 Å².